The lowest BCUT2D eigenvalue weighted by atomic mass is 10.4. The van der Waals surface area contributed by atoms with Gasteiger partial charge in [0.2, 0.25) is 5.91 Å². The second-order valence-electron chi connectivity index (χ2n) is 2.68. The molecule has 72 valence electrons. The molecule has 0 saturated carbocycles. The lowest BCUT2D eigenvalue weighted by Gasteiger charge is -1.99. The Hall–Kier alpha value is -1.36. The average molecular weight is 183 g/mol. The molecule has 0 fully saturated rings. The molecule has 0 aliphatic heterocycles. The highest BCUT2D eigenvalue weighted by atomic mass is 16.3. The van der Waals surface area contributed by atoms with Crippen LogP contribution in [0.4, 0.5) is 0 Å². The Labute approximate surface area is 76.4 Å². The Bertz CT molecular complexity index is 283. The predicted molar refractivity (Wildman–Crippen MR) is 46.8 cm³/mol. The number of nitrogens with one attached hydrogen (secondary N) is 1. The number of hydrogen-bond donors (Lipinski definition) is 2. The van der Waals surface area contributed by atoms with Crippen LogP contribution < -0.4 is 5.32 Å². The maximum Gasteiger partial charge on any atom is 0.221 e. The van der Waals surface area contributed by atoms with E-state index in [1.54, 1.807) is 24.1 Å². The van der Waals surface area contributed by atoms with E-state index < -0.39 is 0 Å². The van der Waals surface area contributed by atoms with E-state index in [2.05, 4.69) is 10.3 Å². The number of carbonyl (C=O) groups is 1. The van der Waals surface area contributed by atoms with E-state index in [0.717, 1.165) is 0 Å². The van der Waals surface area contributed by atoms with Crippen molar-refractivity contribution in [3.8, 4) is 0 Å². The van der Waals surface area contributed by atoms with E-state index in [1.165, 1.54) is 0 Å². The van der Waals surface area contributed by atoms with Crippen molar-refractivity contribution in [1.29, 1.82) is 0 Å². The minimum atomic E-state index is -0.0625. The minimum Gasteiger partial charge on any atom is -0.390 e. The average Bonchev–Trinajstić information content (AvgIpc) is 2.61. The number of rotatable bonds is 4. The molecule has 0 atom stereocenters. The Balaban J connectivity index is 2.41. The van der Waals surface area contributed by atoms with Crippen LogP contribution in [-0.4, -0.2) is 27.6 Å². The maximum absolute atomic E-state index is 10.9. The summed E-state index contributed by atoms with van der Waals surface area (Å²) in [6, 6.07) is 0. The lowest BCUT2D eigenvalue weighted by molar-refractivity contribution is -0.120. The number of aliphatic hydroxyl groups excluding tert-OH is 1. The number of aryl methyl sites for hydroxylation is 1. The van der Waals surface area contributed by atoms with Gasteiger partial charge in [-0.1, -0.05) is 0 Å². The Kier molecular flexibility index (Phi) is 3.45. The van der Waals surface area contributed by atoms with Crippen molar-refractivity contribution in [2.45, 2.75) is 19.6 Å². The first-order valence-corrected chi connectivity index (χ1v) is 4.08. The first-order chi connectivity index (χ1) is 6.26. The summed E-state index contributed by atoms with van der Waals surface area (Å²) < 4.78 is 1.78. The predicted octanol–water partition coefficient (Wildman–Crippen LogP) is -0.489. The van der Waals surface area contributed by atoms with Gasteiger partial charge < -0.3 is 15.0 Å². The summed E-state index contributed by atoms with van der Waals surface area (Å²) in [5, 5.41) is 11.3. The summed E-state index contributed by atoms with van der Waals surface area (Å²) >= 11 is 0. The van der Waals surface area contributed by atoms with Crippen LogP contribution in [0.25, 0.3) is 0 Å². The van der Waals surface area contributed by atoms with Gasteiger partial charge in [-0.25, -0.2) is 4.98 Å². The topological polar surface area (TPSA) is 67.2 Å². The fourth-order valence-corrected chi connectivity index (χ4v) is 0.966. The summed E-state index contributed by atoms with van der Waals surface area (Å²) in [7, 11) is 1.61. The molecule has 0 spiro atoms. The van der Waals surface area contributed by atoms with Crippen LogP contribution in [0.15, 0.2) is 12.5 Å². The lowest BCUT2D eigenvalue weighted by Crippen LogP contribution is -2.19. The van der Waals surface area contributed by atoms with Gasteiger partial charge in [-0.2, -0.15) is 0 Å². The fraction of sp³-hybridized carbons (Fsp3) is 0.500. The molecule has 1 aromatic heterocycles. The zero-order chi connectivity index (χ0) is 9.68. The van der Waals surface area contributed by atoms with Crippen molar-refractivity contribution < 1.29 is 9.90 Å². The molecule has 1 heterocycles. The normalized spacial score (nSPS) is 10.0. The standard InChI is InChI=1S/C8H13N3O2/c1-9-8(13)2-3-11-4-7(5-12)10-6-11/h4,6,12H,2-3,5H2,1H3,(H,9,13). The maximum atomic E-state index is 10.9. The smallest absolute Gasteiger partial charge is 0.221 e. The van der Waals surface area contributed by atoms with Gasteiger partial charge in [0.25, 0.3) is 0 Å². The summed E-state index contributed by atoms with van der Waals surface area (Å²) in [4.78, 5) is 14.8. The van der Waals surface area contributed by atoms with Crippen LogP contribution in [0.1, 0.15) is 12.1 Å². The van der Waals surface area contributed by atoms with Crippen LogP contribution in [0.3, 0.4) is 0 Å². The highest BCUT2D eigenvalue weighted by molar-refractivity contribution is 5.75. The summed E-state index contributed by atoms with van der Waals surface area (Å²) in [5.74, 6) is -0.000696. The van der Waals surface area contributed by atoms with Crippen molar-refractivity contribution in [3.63, 3.8) is 0 Å². The van der Waals surface area contributed by atoms with Gasteiger partial charge in [0.05, 0.1) is 18.6 Å². The number of carbonyl (C=O) groups excluding carboxylic acids is 1. The molecule has 5 nitrogen and oxygen atoms in total. The third-order valence-electron chi connectivity index (χ3n) is 1.72. The molecule has 5 heteroatoms. The van der Waals surface area contributed by atoms with E-state index in [4.69, 9.17) is 5.11 Å². The number of amides is 1. The van der Waals surface area contributed by atoms with E-state index >= 15 is 0 Å². The summed E-state index contributed by atoms with van der Waals surface area (Å²) in [6.07, 6.45) is 3.76. The van der Waals surface area contributed by atoms with Crippen molar-refractivity contribution in [2.75, 3.05) is 7.05 Å². The molecule has 1 amide bonds. The summed E-state index contributed by atoms with van der Waals surface area (Å²) in [5.41, 5.74) is 0.622. The van der Waals surface area contributed by atoms with Gasteiger partial charge in [-0.3, -0.25) is 4.79 Å². The highest BCUT2D eigenvalue weighted by Gasteiger charge is 2.00. The molecule has 13 heavy (non-hydrogen) atoms. The zero-order valence-corrected chi connectivity index (χ0v) is 7.53. The highest BCUT2D eigenvalue weighted by Crippen LogP contribution is 1.97. The number of hydrogen-bond acceptors (Lipinski definition) is 3. The molecule has 0 saturated heterocycles. The number of imidazole rings is 1. The summed E-state index contributed by atoms with van der Waals surface area (Å²) in [6.45, 7) is 0.527. The molecule has 1 aromatic rings. The van der Waals surface area contributed by atoms with Gasteiger partial charge in [0.15, 0.2) is 0 Å². The van der Waals surface area contributed by atoms with Gasteiger partial charge >= 0.3 is 0 Å². The van der Waals surface area contributed by atoms with Crippen molar-refractivity contribution >= 4 is 5.91 Å². The van der Waals surface area contributed by atoms with Crippen molar-refractivity contribution in [2.24, 2.45) is 0 Å². The first-order valence-electron chi connectivity index (χ1n) is 4.08. The molecular weight excluding hydrogens is 170 g/mol. The third kappa shape index (κ3) is 2.87. The van der Waals surface area contributed by atoms with Gasteiger partial charge in [-0.15, -0.1) is 0 Å². The molecule has 0 aliphatic carbocycles. The second-order valence-corrected chi connectivity index (χ2v) is 2.68. The second kappa shape index (κ2) is 4.61. The molecule has 0 unspecified atom stereocenters. The Morgan fingerprint density at radius 1 is 1.77 bits per heavy atom. The van der Waals surface area contributed by atoms with Crippen LogP contribution in [-0.2, 0) is 17.9 Å². The zero-order valence-electron chi connectivity index (χ0n) is 7.53. The van der Waals surface area contributed by atoms with Crippen LogP contribution >= 0.6 is 0 Å². The van der Waals surface area contributed by atoms with E-state index in [9.17, 15) is 4.79 Å². The van der Waals surface area contributed by atoms with Gasteiger partial charge in [0, 0.05) is 26.2 Å². The van der Waals surface area contributed by atoms with Crippen molar-refractivity contribution in [3.05, 3.63) is 18.2 Å². The number of nitrogens with zero attached hydrogens (tertiary/aromatic N) is 2. The van der Waals surface area contributed by atoms with Crippen LogP contribution in [0, 0.1) is 0 Å². The first kappa shape index (κ1) is 9.73. The third-order valence-corrected chi connectivity index (χ3v) is 1.72. The minimum absolute atomic E-state index is 0.000696. The van der Waals surface area contributed by atoms with Crippen LogP contribution in [0.5, 0.6) is 0 Å². The number of aromatic nitrogens is 2. The van der Waals surface area contributed by atoms with E-state index in [1.807, 2.05) is 0 Å². The Morgan fingerprint density at radius 3 is 3.08 bits per heavy atom. The molecule has 0 aromatic carbocycles. The monoisotopic (exact) mass is 183 g/mol. The van der Waals surface area contributed by atoms with Gasteiger partial charge in [-0.05, 0) is 0 Å². The van der Waals surface area contributed by atoms with Crippen LogP contribution in [0.2, 0.25) is 0 Å². The SMILES string of the molecule is CNC(=O)CCn1cnc(CO)c1. The largest absolute Gasteiger partial charge is 0.390 e. The molecule has 2 N–H and O–H groups in total. The molecule has 0 radical (unpaired) electrons. The molecular formula is C8H13N3O2. The van der Waals surface area contributed by atoms with E-state index in [-0.39, 0.29) is 12.5 Å². The number of aliphatic hydroxyl groups is 1. The quantitative estimate of drug-likeness (QED) is 0.662. The molecule has 0 aliphatic rings. The van der Waals surface area contributed by atoms with Gasteiger partial charge in [0.1, 0.15) is 0 Å². The Morgan fingerprint density at radius 2 is 2.54 bits per heavy atom. The molecule has 0 bridgehead atoms. The fourth-order valence-electron chi connectivity index (χ4n) is 0.966. The van der Waals surface area contributed by atoms with Crippen molar-refractivity contribution in [1.82, 2.24) is 14.9 Å². The van der Waals surface area contributed by atoms with E-state index in [0.29, 0.717) is 18.7 Å². The molecule has 1 rings (SSSR count).